The van der Waals surface area contributed by atoms with Crippen LogP contribution in [0.4, 0.5) is 0 Å². The van der Waals surface area contributed by atoms with Gasteiger partial charge >= 0.3 is 0 Å². The molecule has 0 saturated carbocycles. The monoisotopic (exact) mass is 277 g/mol. The Hall–Kier alpha value is -2.22. The van der Waals surface area contributed by atoms with Gasteiger partial charge in [-0.05, 0) is 47.1 Å². The average Bonchev–Trinajstić information content (AvgIpc) is 2.46. The number of carbonyl (C=O) groups excluding carboxylic acids is 1. The Morgan fingerprint density at radius 2 is 1.86 bits per heavy atom. The second kappa shape index (κ2) is 4.96. The molecule has 21 heavy (non-hydrogen) atoms. The smallest absolute Gasteiger partial charge is 0.159 e. The lowest BCUT2D eigenvalue weighted by molar-refractivity contribution is 0.101. The SMILES string of the molecule is CC(=O)c1ccc(C2=Cc3ccncc3C(C)(C)C2)cc1. The lowest BCUT2D eigenvalue weighted by Gasteiger charge is -2.32. The first kappa shape index (κ1) is 13.7. The zero-order valence-electron chi connectivity index (χ0n) is 12.7. The fourth-order valence-corrected chi connectivity index (χ4v) is 3.01. The summed E-state index contributed by atoms with van der Waals surface area (Å²) in [5, 5.41) is 0. The first-order valence-corrected chi connectivity index (χ1v) is 7.24. The summed E-state index contributed by atoms with van der Waals surface area (Å²) in [5.41, 5.74) is 5.89. The van der Waals surface area contributed by atoms with E-state index < -0.39 is 0 Å². The van der Waals surface area contributed by atoms with Gasteiger partial charge in [0.1, 0.15) is 0 Å². The van der Waals surface area contributed by atoms with Gasteiger partial charge in [-0.2, -0.15) is 0 Å². The maximum Gasteiger partial charge on any atom is 0.159 e. The molecule has 2 nitrogen and oxygen atoms in total. The van der Waals surface area contributed by atoms with Gasteiger partial charge in [0.2, 0.25) is 0 Å². The standard InChI is InChI=1S/C19H19NO/c1-13(21)14-4-6-15(7-5-14)17-10-16-8-9-20-12-18(16)19(2,3)11-17/h4-10,12H,11H2,1-3H3. The molecule has 0 amide bonds. The highest BCUT2D eigenvalue weighted by atomic mass is 16.1. The largest absolute Gasteiger partial charge is 0.295 e. The number of pyridine rings is 1. The Kier molecular flexibility index (Phi) is 3.25. The van der Waals surface area contributed by atoms with Crippen LogP contribution in [0.15, 0.2) is 42.7 Å². The van der Waals surface area contributed by atoms with Gasteiger partial charge in [-0.1, -0.05) is 44.2 Å². The van der Waals surface area contributed by atoms with E-state index in [9.17, 15) is 4.79 Å². The molecule has 0 fully saturated rings. The first-order chi connectivity index (χ1) is 9.97. The van der Waals surface area contributed by atoms with E-state index in [1.807, 2.05) is 36.7 Å². The van der Waals surface area contributed by atoms with E-state index in [1.165, 1.54) is 22.3 Å². The zero-order chi connectivity index (χ0) is 15.0. The number of fused-ring (bicyclic) bond motifs is 1. The summed E-state index contributed by atoms with van der Waals surface area (Å²) in [5.74, 6) is 0.107. The molecular formula is C19H19NO. The number of hydrogen-bond donors (Lipinski definition) is 0. The fraction of sp³-hybridized carbons (Fsp3) is 0.263. The fourth-order valence-electron chi connectivity index (χ4n) is 3.01. The minimum absolute atomic E-state index is 0.0763. The molecule has 1 aliphatic carbocycles. The van der Waals surface area contributed by atoms with Crippen LogP contribution in [-0.4, -0.2) is 10.8 Å². The number of ketones is 1. The molecule has 0 unspecified atom stereocenters. The highest BCUT2D eigenvalue weighted by Crippen LogP contribution is 2.41. The number of aromatic nitrogens is 1. The molecule has 1 heterocycles. The van der Waals surface area contributed by atoms with Crippen molar-refractivity contribution in [2.24, 2.45) is 0 Å². The number of Topliss-reactive ketones (excluding diaryl/α,β-unsaturated/α-hetero) is 1. The third-order valence-corrected chi connectivity index (χ3v) is 4.21. The van der Waals surface area contributed by atoms with Gasteiger partial charge < -0.3 is 0 Å². The van der Waals surface area contributed by atoms with E-state index in [1.54, 1.807) is 6.92 Å². The van der Waals surface area contributed by atoms with Gasteiger partial charge in [0.25, 0.3) is 0 Å². The number of nitrogens with zero attached hydrogens (tertiary/aromatic N) is 1. The van der Waals surface area contributed by atoms with E-state index in [2.05, 4.69) is 31.0 Å². The van der Waals surface area contributed by atoms with E-state index in [0.29, 0.717) is 0 Å². The van der Waals surface area contributed by atoms with Crippen LogP contribution in [0.5, 0.6) is 0 Å². The lowest BCUT2D eigenvalue weighted by Crippen LogP contribution is -2.22. The van der Waals surface area contributed by atoms with Crippen molar-refractivity contribution in [2.75, 3.05) is 0 Å². The second-order valence-corrected chi connectivity index (χ2v) is 6.33. The molecule has 3 rings (SSSR count). The minimum atomic E-state index is 0.0763. The Balaban J connectivity index is 2.04. The number of rotatable bonds is 2. The summed E-state index contributed by atoms with van der Waals surface area (Å²) >= 11 is 0. The highest BCUT2D eigenvalue weighted by molar-refractivity contribution is 5.95. The van der Waals surface area contributed by atoms with Crippen LogP contribution in [0.2, 0.25) is 0 Å². The van der Waals surface area contributed by atoms with E-state index in [4.69, 9.17) is 0 Å². The van der Waals surface area contributed by atoms with Crippen LogP contribution >= 0.6 is 0 Å². The molecule has 0 saturated heterocycles. The molecule has 2 heteroatoms. The van der Waals surface area contributed by atoms with Crippen molar-refractivity contribution in [2.45, 2.75) is 32.6 Å². The lowest BCUT2D eigenvalue weighted by atomic mass is 9.72. The maximum absolute atomic E-state index is 11.4. The van der Waals surface area contributed by atoms with Crippen LogP contribution in [0.1, 0.15) is 54.2 Å². The van der Waals surface area contributed by atoms with Crippen molar-refractivity contribution < 1.29 is 4.79 Å². The van der Waals surface area contributed by atoms with Crippen LogP contribution in [0.25, 0.3) is 11.6 Å². The van der Waals surface area contributed by atoms with Gasteiger partial charge in [-0.15, -0.1) is 0 Å². The quantitative estimate of drug-likeness (QED) is 0.756. The zero-order valence-corrected chi connectivity index (χ0v) is 12.7. The maximum atomic E-state index is 11.4. The van der Waals surface area contributed by atoms with Crippen LogP contribution in [0, 0.1) is 0 Å². The molecule has 106 valence electrons. The van der Waals surface area contributed by atoms with Gasteiger partial charge in [0.05, 0.1) is 0 Å². The molecule has 2 aromatic rings. The van der Waals surface area contributed by atoms with E-state index in [0.717, 1.165) is 12.0 Å². The summed E-state index contributed by atoms with van der Waals surface area (Å²) in [6, 6.07) is 9.98. The molecule has 1 aliphatic rings. The Morgan fingerprint density at radius 1 is 1.14 bits per heavy atom. The number of benzene rings is 1. The molecule has 0 spiro atoms. The number of hydrogen-bond acceptors (Lipinski definition) is 2. The van der Waals surface area contributed by atoms with E-state index >= 15 is 0 Å². The number of carbonyl (C=O) groups is 1. The molecule has 0 bridgehead atoms. The van der Waals surface area contributed by atoms with Crippen molar-refractivity contribution in [3.63, 3.8) is 0 Å². The average molecular weight is 277 g/mol. The van der Waals surface area contributed by atoms with Crippen LogP contribution in [-0.2, 0) is 5.41 Å². The summed E-state index contributed by atoms with van der Waals surface area (Å²) < 4.78 is 0. The van der Waals surface area contributed by atoms with Crippen molar-refractivity contribution in [3.05, 3.63) is 65.0 Å². The van der Waals surface area contributed by atoms with E-state index in [-0.39, 0.29) is 11.2 Å². The Bertz CT molecular complexity index is 723. The summed E-state index contributed by atoms with van der Waals surface area (Å²) in [6.45, 7) is 6.11. The summed E-state index contributed by atoms with van der Waals surface area (Å²) in [7, 11) is 0. The van der Waals surface area contributed by atoms with Gasteiger partial charge in [0, 0.05) is 18.0 Å². The van der Waals surface area contributed by atoms with Crippen molar-refractivity contribution in [1.82, 2.24) is 4.98 Å². The summed E-state index contributed by atoms with van der Waals surface area (Å²) in [6.07, 6.45) is 7.03. The normalized spacial score (nSPS) is 16.0. The molecule has 0 radical (unpaired) electrons. The van der Waals surface area contributed by atoms with Gasteiger partial charge in [-0.25, -0.2) is 0 Å². The van der Waals surface area contributed by atoms with Crippen molar-refractivity contribution in [3.8, 4) is 0 Å². The van der Waals surface area contributed by atoms with Crippen LogP contribution in [0.3, 0.4) is 0 Å². The predicted octanol–water partition coefficient (Wildman–Crippen LogP) is 4.51. The van der Waals surface area contributed by atoms with Gasteiger partial charge in [0.15, 0.2) is 5.78 Å². The summed E-state index contributed by atoms with van der Waals surface area (Å²) in [4.78, 5) is 15.6. The molecule has 0 N–H and O–H groups in total. The van der Waals surface area contributed by atoms with Crippen molar-refractivity contribution >= 4 is 17.4 Å². The highest BCUT2D eigenvalue weighted by Gasteiger charge is 2.28. The van der Waals surface area contributed by atoms with Crippen LogP contribution < -0.4 is 0 Å². The molecule has 1 aromatic heterocycles. The second-order valence-electron chi connectivity index (χ2n) is 6.33. The topological polar surface area (TPSA) is 30.0 Å². The Labute approximate surface area is 125 Å². The first-order valence-electron chi connectivity index (χ1n) is 7.24. The molecule has 1 aromatic carbocycles. The molecule has 0 aliphatic heterocycles. The third kappa shape index (κ3) is 2.54. The predicted molar refractivity (Wildman–Crippen MR) is 86.2 cm³/mol. The third-order valence-electron chi connectivity index (χ3n) is 4.21. The molecule has 0 atom stereocenters. The minimum Gasteiger partial charge on any atom is -0.295 e. The van der Waals surface area contributed by atoms with Crippen molar-refractivity contribution in [1.29, 1.82) is 0 Å². The van der Waals surface area contributed by atoms with Gasteiger partial charge in [-0.3, -0.25) is 9.78 Å². The molecular weight excluding hydrogens is 258 g/mol. The number of allylic oxidation sites excluding steroid dienone is 1. The Morgan fingerprint density at radius 3 is 2.52 bits per heavy atom.